The van der Waals surface area contributed by atoms with Crippen molar-refractivity contribution in [3.8, 4) is 18.2 Å². The molecular weight excluding hydrogens is 1680 g/mol. The lowest BCUT2D eigenvalue weighted by molar-refractivity contribution is -0.177. The maximum Gasteiger partial charge on any atom is 0.204 e. The van der Waals surface area contributed by atoms with E-state index in [4.69, 9.17) is 36.4 Å². The molecule has 0 bridgehead atoms. The molecule has 0 aromatic rings. The van der Waals surface area contributed by atoms with Crippen LogP contribution in [0, 0.1) is 73.6 Å². The lowest BCUT2D eigenvalue weighted by atomic mass is 9.84. The van der Waals surface area contributed by atoms with E-state index >= 15 is 0 Å². The van der Waals surface area contributed by atoms with Crippen LogP contribution >= 0.6 is 14.5 Å². The first-order valence-corrected chi connectivity index (χ1v) is 54.3. The van der Waals surface area contributed by atoms with Gasteiger partial charge in [-0.1, -0.05) is 241 Å². The van der Waals surface area contributed by atoms with Crippen LogP contribution in [0.3, 0.4) is 0 Å². The first-order valence-electron chi connectivity index (χ1n) is 49.3. The van der Waals surface area contributed by atoms with Gasteiger partial charge in [0, 0.05) is 69.7 Å². The average Bonchev–Trinajstić information content (AvgIpc) is 0.896. The highest BCUT2D eigenvalue weighted by atomic mass is 31.2. The molecule has 0 radical (unpaired) electrons. The molecule has 2 unspecified atom stereocenters. The van der Waals surface area contributed by atoms with Gasteiger partial charge in [-0.05, 0) is 344 Å². The molecule has 0 aliphatic heterocycles. The Hall–Kier alpha value is -8.29. The first-order chi connectivity index (χ1) is 62.3. The Bertz CT molecular complexity index is 4530. The summed E-state index contributed by atoms with van der Waals surface area (Å²) < 4.78 is 39.1. The SMILES string of the molecule is CC1=C(/C=C/C(=C/C#N)C(C)(C)C)CCCC1.CC1=C(/C=C/C(=C/C=C/C(C)=C/C#N)C(C)(C)C)CCCC1.CC1=C(/C=C/C(=C/C=C/C(C)=C/C=O)C(C)(C)C)CCCC1.CC1=C(/C=C/C(=C\C=O)C(C)(C)C)CCCC1.CC1=C(C=O)CCCC1.CCOC(OCC)C1CCCCC1=O.CCOP(C)(=O)C/C(C)=C/C#N.O=C1CCCCC1.[C-]#[N+]/C=C(\CP(C)(C)=O)C(C)(C)C. The maximum absolute atomic E-state index is 11.6. The molecule has 7 aliphatic rings. The molecule has 0 heterocycles. The fourth-order valence-electron chi connectivity index (χ4n) is 15.2. The van der Waals surface area contributed by atoms with Gasteiger partial charge in [0.25, 0.3) is 0 Å². The lowest BCUT2D eigenvalue weighted by Crippen LogP contribution is -2.35. The summed E-state index contributed by atoms with van der Waals surface area (Å²) in [7, 11) is -4.56. The Labute approximate surface area is 812 Å². The lowest BCUT2D eigenvalue weighted by Gasteiger charge is -2.28. The van der Waals surface area contributed by atoms with Crippen LogP contribution in [0.15, 0.2) is 222 Å². The summed E-state index contributed by atoms with van der Waals surface area (Å²) in [6, 6.07) is 6.09. The second kappa shape index (κ2) is 69.5. The zero-order chi connectivity index (χ0) is 101. The van der Waals surface area contributed by atoms with Gasteiger partial charge in [0.2, 0.25) is 7.37 Å². The Morgan fingerprint density at radius 2 is 0.767 bits per heavy atom. The molecule has 16 heteroatoms. The molecule has 2 fully saturated rings. The Morgan fingerprint density at radius 1 is 0.421 bits per heavy atom. The predicted octanol–water partition coefficient (Wildman–Crippen LogP) is 33.7. The average molecular weight is 1860 g/mol. The highest BCUT2D eigenvalue weighted by Crippen LogP contribution is 2.45. The van der Waals surface area contributed by atoms with E-state index in [1.807, 2.05) is 78.8 Å². The second-order valence-corrected chi connectivity index (χ2v) is 47.8. The minimum absolute atomic E-state index is 0.0244. The van der Waals surface area contributed by atoms with Crippen molar-refractivity contribution >= 4 is 44.9 Å². The van der Waals surface area contributed by atoms with E-state index in [-0.39, 0.29) is 39.3 Å². The highest BCUT2D eigenvalue weighted by Gasteiger charge is 2.32. The normalized spacial score (nSPS) is 18.8. The second-order valence-electron chi connectivity index (χ2n) is 41.7. The third-order valence-electron chi connectivity index (χ3n) is 23.8. The summed E-state index contributed by atoms with van der Waals surface area (Å²) in [5.41, 5.74) is 23.1. The standard InChI is InChI=1S/C21H29N.C21H30O.C16H23N.C16H24O.C11H20O3.C10H18NOP.C8H14NO2P.C8H12O.C6H10O/c2*1-17(15-16-22)9-8-12-20(21(3,4)5)14-13-19-11-7-6-10-18(19)2;2*1-13-7-5-6-8-14(13)9-10-15(11-12-17)16(2,3)4;1-3-13-11(14-4-2)9-7-5-6-8-10(9)12;1-10(2,3)9(7-11-4)8-13(5,6)12;1-4-11-12(3,10)7-8(2)5-6-9;1-7-4-2-3-5-8(7)6-9;7-6-4-2-1-3-5-6/h8-9,12-15H,6-7,10-11H2,1-5H3;8-9,12-16H,6-7,10-11H2,1-5H3;9-11H,5-8H2,1-4H3;9-12H,5-8H2,1-4H3;9,11H,3-8H2,1-2H3;7H,8H2,1-3,5-6H3;5H,4,7H2,1-3H3;6H,2-5H2,1H3;1-5H2/b2*9-8+,14-13+,17-15+,20-12-;10-9+,15-11-;10-9+,15-11+;;9-7+;8-5+;;. The van der Waals surface area contributed by atoms with Crippen LogP contribution < -0.4 is 0 Å². The number of hydrogen-bond acceptors (Lipinski definition) is 13. The molecule has 0 spiro atoms. The van der Waals surface area contributed by atoms with Crippen molar-refractivity contribution in [2.75, 3.05) is 52.1 Å². The zero-order valence-electron chi connectivity index (χ0n) is 88.7. The Morgan fingerprint density at radius 3 is 1.06 bits per heavy atom. The van der Waals surface area contributed by atoms with Crippen molar-refractivity contribution in [1.82, 2.24) is 0 Å². The van der Waals surface area contributed by atoms with Crippen LogP contribution in [0.1, 0.15) is 366 Å². The molecule has 2 atom stereocenters. The monoisotopic (exact) mass is 1860 g/mol. The number of carbonyl (C=O) groups excluding carboxylic acids is 5. The highest BCUT2D eigenvalue weighted by molar-refractivity contribution is 7.62. The van der Waals surface area contributed by atoms with E-state index in [0.29, 0.717) is 50.1 Å². The van der Waals surface area contributed by atoms with Crippen LogP contribution in [-0.2, 0) is 47.1 Å². The summed E-state index contributed by atoms with van der Waals surface area (Å²) in [4.78, 5) is 56.7. The van der Waals surface area contributed by atoms with Gasteiger partial charge in [-0.3, -0.25) is 28.5 Å². The van der Waals surface area contributed by atoms with E-state index in [0.717, 1.165) is 116 Å². The first kappa shape index (κ1) is 127. The van der Waals surface area contributed by atoms with Gasteiger partial charge in [-0.25, -0.2) is 4.85 Å². The molecule has 738 valence electrons. The van der Waals surface area contributed by atoms with E-state index in [9.17, 15) is 33.1 Å². The molecule has 0 aromatic carbocycles. The summed E-state index contributed by atoms with van der Waals surface area (Å²) in [6.07, 6.45) is 76.6. The van der Waals surface area contributed by atoms with Gasteiger partial charge in [-0.15, -0.1) is 0 Å². The smallest absolute Gasteiger partial charge is 0.204 e. The van der Waals surface area contributed by atoms with Gasteiger partial charge in [0.15, 0.2) is 12.5 Å². The van der Waals surface area contributed by atoms with Crippen molar-refractivity contribution < 1.29 is 47.1 Å². The maximum atomic E-state index is 11.6. The van der Waals surface area contributed by atoms with Crippen LogP contribution in [0.2, 0.25) is 0 Å². The zero-order valence-corrected chi connectivity index (χ0v) is 90.5. The third kappa shape index (κ3) is 62.2. The van der Waals surface area contributed by atoms with Crippen LogP contribution in [0.5, 0.6) is 0 Å². The summed E-state index contributed by atoms with van der Waals surface area (Å²) in [6.45, 7) is 68.2. The topological polar surface area (TPSA) is 223 Å². The number of aldehydes is 3. The molecule has 7 aliphatic carbocycles. The van der Waals surface area contributed by atoms with Crippen molar-refractivity contribution in [3.63, 3.8) is 0 Å². The summed E-state index contributed by atoms with van der Waals surface area (Å²) in [5.74, 6) is 0.748. The van der Waals surface area contributed by atoms with Gasteiger partial charge < -0.3 is 18.6 Å². The minimum Gasteiger partial charge on any atom is -0.352 e. The quantitative estimate of drug-likeness (QED) is 0.0150. The number of ketones is 2. The summed E-state index contributed by atoms with van der Waals surface area (Å²) >= 11 is 0. The van der Waals surface area contributed by atoms with Gasteiger partial charge >= 0.3 is 0 Å². The molecule has 0 N–H and O–H groups in total. The van der Waals surface area contributed by atoms with E-state index < -0.39 is 14.5 Å². The molecule has 7 rings (SSSR count). The van der Waals surface area contributed by atoms with E-state index in [1.165, 1.54) is 190 Å². The number of Topliss-reactive ketones (excluding diaryl/α,β-unsaturated/α-hetero) is 2. The number of carbonyl (C=O) groups is 5. The van der Waals surface area contributed by atoms with Gasteiger partial charge in [-0.2, -0.15) is 15.8 Å². The molecule has 133 heavy (non-hydrogen) atoms. The minimum atomic E-state index is -2.50. The van der Waals surface area contributed by atoms with Crippen molar-refractivity contribution in [2.45, 2.75) is 373 Å². The molecule has 0 aromatic heterocycles. The van der Waals surface area contributed by atoms with E-state index in [1.54, 1.807) is 63.7 Å². The third-order valence-corrected chi connectivity index (χ3v) is 26.8. The van der Waals surface area contributed by atoms with E-state index in [2.05, 4.69) is 195 Å². The van der Waals surface area contributed by atoms with Gasteiger partial charge in [0.05, 0.1) is 44.4 Å². The number of nitrogens with zero attached hydrogens (tertiary/aromatic N) is 4. The van der Waals surface area contributed by atoms with Crippen LogP contribution in [-0.4, -0.2) is 88.9 Å². The molecule has 0 saturated heterocycles. The van der Waals surface area contributed by atoms with Crippen LogP contribution in [0.4, 0.5) is 0 Å². The molecule has 2 saturated carbocycles. The van der Waals surface area contributed by atoms with Crippen molar-refractivity contribution in [2.24, 2.45) is 33.0 Å². The fraction of sp³-hybridized carbons (Fsp3) is 0.598. The number of allylic oxidation sites excluding steroid dienone is 37. The predicted molar refractivity (Wildman–Crippen MR) is 568 cm³/mol. The number of nitriles is 3. The fourth-order valence-corrected chi connectivity index (χ4v) is 18.2. The largest absolute Gasteiger partial charge is 0.352 e. The molecular formula is C117H180N4O10P2. The molecule has 14 nitrogen and oxygen atoms in total. The van der Waals surface area contributed by atoms with Crippen LogP contribution in [0.25, 0.3) is 4.85 Å². The van der Waals surface area contributed by atoms with Gasteiger partial charge in [0.1, 0.15) is 30.4 Å². The number of ether oxygens (including phenoxy) is 2. The Kier molecular flexibility index (Phi) is 66.2. The van der Waals surface area contributed by atoms with Crippen molar-refractivity contribution in [3.05, 3.63) is 233 Å². The number of hydrogen-bond donors (Lipinski definition) is 0. The summed E-state index contributed by atoms with van der Waals surface area (Å²) in [5, 5.41) is 25.8. The molecule has 0 amide bonds. The number of rotatable bonds is 26. The Balaban J connectivity index is 0. The van der Waals surface area contributed by atoms with Crippen molar-refractivity contribution in [1.29, 1.82) is 15.8 Å².